The van der Waals surface area contributed by atoms with Gasteiger partial charge in [0.2, 0.25) is 12.3 Å². The molecule has 7 nitrogen and oxygen atoms in total. The highest BCUT2D eigenvalue weighted by molar-refractivity contribution is 6.32. The van der Waals surface area contributed by atoms with E-state index in [1.807, 2.05) is 37.3 Å². The predicted octanol–water partition coefficient (Wildman–Crippen LogP) is 4.19. The number of nitrogens with zero attached hydrogens (tertiary/aromatic N) is 5. The molecule has 1 N–H and O–H groups in total. The number of phenolic OH excluding ortho intramolecular Hbond substituents is 1. The predicted molar refractivity (Wildman–Crippen MR) is 103 cm³/mol. The fourth-order valence-electron chi connectivity index (χ4n) is 3.00. The topological polar surface area (TPSA) is 101 Å². The minimum Gasteiger partial charge on any atom is -0.507 e. The Labute approximate surface area is 165 Å². The number of halogens is 1. The van der Waals surface area contributed by atoms with Crippen LogP contribution in [0, 0.1) is 18.3 Å². The maximum Gasteiger partial charge on any atom is 0.247 e. The molecule has 0 atom stereocenters. The van der Waals surface area contributed by atoms with Gasteiger partial charge in [-0.3, -0.25) is 4.68 Å². The first-order valence-electron chi connectivity index (χ1n) is 8.38. The largest absolute Gasteiger partial charge is 0.507 e. The van der Waals surface area contributed by atoms with E-state index >= 15 is 0 Å². The van der Waals surface area contributed by atoms with Gasteiger partial charge in [0.25, 0.3) is 0 Å². The van der Waals surface area contributed by atoms with Crippen LogP contribution in [0.2, 0.25) is 5.15 Å². The Morgan fingerprint density at radius 2 is 1.93 bits per heavy atom. The van der Waals surface area contributed by atoms with Crippen molar-refractivity contribution in [2.45, 2.75) is 13.5 Å². The van der Waals surface area contributed by atoms with Gasteiger partial charge in [-0.05, 0) is 42.3 Å². The SMILES string of the molecule is Cc1c(-c2ccc(C#N)c(O)c2)c(Cl)nn1Cc1ccc(-c2nnco2)cc1. The van der Waals surface area contributed by atoms with Crippen LogP contribution >= 0.6 is 11.6 Å². The zero-order chi connectivity index (χ0) is 19.7. The Balaban J connectivity index is 1.63. The molecule has 0 saturated carbocycles. The molecule has 138 valence electrons. The summed E-state index contributed by atoms with van der Waals surface area (Å²) in [6.07, 6.45) is 1.29. The van der Waals surface area contributed by atoms with Crippen LogP contribution in [0.3, 0.4) is 0 Å². The smallest absolute Gasteiger partial charge is 0.247 e. The first-order valence-corrected chi connectivity index (χ1v) is 8.76. The summed E-state index contributed by atoms with van der Waals surface area (Å²) in [6.45, 7) is 2.44. The third-order valence-electron chi connectivity index (χ3n) is 4.46. The maximum absolute atomic E-state index is 9.97. The first kappa shape index (κ1) is 17.8. The van der Waals surface area contributed by atoms with Crippen molar-refractivity contribution in [1.29, 1.82) is 5.26 Å². The number of nitriles is 1. The van der Waals surface area contributed by atoms with Crippen molar-refractivity contribution in [2.24, 2.45) is 0 Å². The number of benzene rings is 2. The molecule has 8 heteroatoms. The second-order valence-electron chi connectivity index (χ2n) is 6.19. The fourth-order valence-corrected chi connectivity index (χ4v) is 3.33. The average molecular weight is 392 g/mol. The van der Waals surface area contributed by atoms with Crippen molar-refractivity contribution in [2.75, 3.05) is 0 Å². The molecule has 0 aliphatic rings. The van der Waals surface area contributed by atoms with Crippen LogP contribution in [-0.4, -0.2) is 25.1 Å². The highest BCUT2D eigenvalue weighted by Crippen LogP contribution is 2.34. The highest BCUT2D eigenvalue weighted by atomic mass is 35.5. The molecule has 2 heterocycles. The Morgan fingerprint density at radius 1 is 1.18 bits per heavy atom. The summed E-state index contributed by atoms with van der Waals surface area (Å²) in [5.41, 5.74) is 4.37. The molecule has 4 aromatic rings. The lowest BCUT2D eigenvalue weighted by molar-refractivity contribution is 0.474. The first-order chi connectivity index (χ1) is 13.6. The van der Waals surface area contributed by atoms with Crippen LogP contribution in [0.4, 0.5) is 0 Å². The third-order valence-corrected chi connectivity index (χ3v) is 4.73. The summed E-state index contributed by atoms with van der Waals surface area (Å²) >= 11 is 6.36. The molecule has 0 spiro atoms. The molecule has 4 rings (SSSR count). The van der Waals surface area contributed by atoms with E-state index in [0.29, 0.717) is 23.2 Å². The number of hydrogen-bond donors (Lipinski definition) is 1. The van der Waals surface area contributed by atoms with Gasteiger partial charge in [-0.25, -0.2) is 0 Å². The molecule has 0 aliphatic heterocycles. The van der Waals surface area contributed by atoms with Crippen molar-refractivity contribution in [3.8, 4) is 34.4 Å². The molecule has 0 fully saturated rings. The maximum atomic E-state index is 9.97. The summed E-state index contributed by atoms with van der Waals surface area (Å²) in [5, 5.41) is 31.3. The summed E-state index contributed by atoms with van der Waals surface area (Å²) < 4.78 is 6.99. The Morgan fingerprint density at radius 3 is 2.57 bits per heavy atom. The van der Waals surface area contributed by atoms with Gasteiger partial charge in [-0.2, -0.15) is 10.4 Å². The van der Waals surface area contributed by atoms with Crippen LogP contribution in [0.15, 0.2) is 53.3 Å². The molecule has 2 aromatic heterocycles. The van der Waals surface area contributed by atoms with Crippen LogP contribution in [0.25, 0.3) is 22.6 Å². The van der Waals surface area contributed by atoms with Crippen molar-refractivity contribution in [3.05, 3.63) is 70.8 Å². The van der Waals surface area contributed by atoms with E-state index in [1.54, 1.807) is 16.8 Å². The Kier molecular flexibility index (Phi) is 4.55. The Bertz CT molecular complexity index is 1170. The lowest BCUT2D eigenvalue weighted by Crippen LogP contribution is -2.03. The van der Waals surface area contributed by atoms with Crippen LogP contribution in [-0.2, 0) is 6.54 Å². The minimum absolute atomic E-state index is 0.0835. The Hall–Kier alpha value is -3.63. The van der Waals surface area contributed by atoms with Gasteiger partial charge in [-0.1, -0.05) is 29.8 Å². The van der Waals surface area contributed by atoms with Gasteiger partial charge in [0, 0.05) is 16.8 Å². The monoisotopic (exact) mass is 391 g/mol. The van der Waals surface area contributed by atoms with E-state index in [-0.39, 0.29) is 11.3 Å². The molecule has 0 amide bonds. The number of aromatic hydroxyl groups is 1. The highest BCUT2D eigenvalue weighted by Gasteiger charge is 2.16. The van der Waals surface area contributed by atoms with Crippen molar-refractivity contribution in [1.82, 2.24) is 20.0 Å². The zero-order valence-electron chi connectivity index (χ0n) is 14.8. The summed E-state index contributed by atoms with van der Waals surface area (Å²) in [5.74, 6) is 0.382. The third kappa shape index (κ3) is 3.21. The fraction of sp³-hybridized carbons (Fsp3) is 0.100. The van der Waals surface area contributed by atoms with E-state index in [0.717, 1.165) is 22.4 Å². The van der Waals surface area contributed by atoms with E-state index in [2.05, 4.69) is 15.3 Å². The molecule has 0 bridgehead atoms. The van der Waals surface area contributed by atoms with Crippen LogP contribution in [0.5, 0.6) is 5.75 Å². The normalized spacial score (nSPS) is 10.8. The molecule has 0 aliphatic carbocycles. The second-order valence-corrected chi connectivity index (χ2v) is 6.55. The number of aromatic nitrogens is 4. The lowest BCUT2D eigenvalue weighted by atomic mass is 10.0. The molecule has 2 aromatic carbocycles. The number of hydrogen-bond acceptors (Lipinski definition) is 6. The summed E-state index contributed by atoms with van der Waals surface area (Å²) in [6, 6.07) is 14.5. The van der Waals surface area contributed by atoms with Crippen LogP contribution < -0.4 is 0 Å². The van der Waals surface area contributed by atoms with Crippen molar-refractivity contribution >= 4 is 11.6 Å². The van der Waals surface area contributed by atoms with Gasteiger partial charge in [-0.15, -0.1) is 10.2 Å². The van der Waals surface area contributed by atoms with E-state index in [1.165, 1.54) is 12.5 Å². The van der Waals surface area contributed by atoms with E-state index in [4.69, 9.17) is 21.3 Å². The summed E-state index contributed by atoms with van der Waals surface area (Å²) in [4.78, 5) is 0. The second kappa shape index (κ2) is 7.18. The molecular weight excluding hydrogens is 378 g/mol. The van der Waals surface area contributed by atoms with E-state index < -0.39 is 0 Å². The molecule has 0 unspecified atom stereocenters. The van der Waals surface area contributed by atoms with Gasteiger partial charge in [0.1, 0.15) is 11.8 Å². The van der Waals surface area contributed by atoms with Gasteiger partial charge in [0.05, 0.1) is 12.1 Å². The lowest BCUT2D eigenvalue weighted by Gasteiger charge is -2.07. The quantitative estimate of drug-likeness (QED) is 0.559. The van der Waals surface area contributed by atoms with Crippen molar-refractivity contribution in [3.63, 3.8) is 0 Å². The van der Waals surface area contributed by atoms with Crippen LogP contribution in [0.1, 0.15) is 16.8 Å². The minimum atomic E-state index is -0.0835. The van der Waals surface area contributed by atoms with Gasteiger partial charge < -0.3 is 9.52 Å². The molecular formula is C20H14ClN5O2. The average Bonchev–Trinajstić information content (AvgIpc) is 3.31. The van der Waals surface area contributed by atoms with Crippen molar-refractivity contribution < 1.29 is 9.52 Å². The molecule has 0 saturated heterocycles. The van der Waals surface area contributed by atoms with Gasteiger partial charge >= 0.3 is 0 Å². The molecule has 28 heavy (non-hydrogen) atoms. The number of rotatable bonds is 4. The zero-order valence-corrected chi connectivity index (χ0v) is 15.6. The standard InChI is InChI=1S/C20H14ClN5O2/c1-12-18(15-6-7-16(9-22)17(27)8-15)19(21)25-26(12)10-13-2-4-14(5-3-13)20-24-23-11-28-20/h2-8,11,27H,10H2,1H3. The molecule has 0 radical (unpaired) electrons. The van der Waals surface area contributed by atoms with E-state index in [9.17, 15) is 5.11 Å². The summed E-state index contributed by atoms with van der Waals surface area (Å²) in [7, 11) is 0. The van der Waals surface area contributed by atoms with Gasteiger partial charge in [0.15, 0.2) is 5.15 Å². The number of phenols is 1.